The topological polar surface area (TPSA) is 92.0 Å². The number of ketones is 1. The number of furan rings is 1. The Hall–Kier alpha value is -2.07. The summed E-state index contributed by atoms with van der Waals surface area (Å²) in [5.41, 5.74) is -0.359. The number of hydrogen-bond donors (Lipinski definition) is 0. The lowest BCUT2D eigenvalue weighted by Gasteiger charge is -2.72. The van der Waals surface area contributed by atoms with Crippen LogP contribution in [0.4, 0.5) is 0 Å². The van der Waals surface area contributed by atoms with Gasteiger partial charge in [0.25, 0.3) is 0 Å². The molecule has 0 bridgehead atoms. The van der Waals surface area contributed by atoms with E-state index < -0.39 is 64.2 Å². The summed E-state index contributed by atoms with van der Waals surface area (Å²) in [5.74, 6) is -0.499. The van der Waals surface area contributed by atoms with E-state index in [0.717, 1.165) is 16.9 Å². The normalized spacial score (nSPS) is 45.0. The van der Waals surface area contributed by atoms with Crippen molar-refractivity contribution in [3.05, 3.63) is 47.0 Å². The maximum Gasteiger partial charge on any atom is 0.318 e. The molecule has 3 fully saturated rings. The second-order valence-corrected chi connectivity index (χ2v) is 15.6. The summed E-state index contributed by atoms with van der Waals surface area (Å²) < 4.78 is 28.2. The van der Waals surface area contributed by atoms with Crippen LogP contribution in [0.15, 0.2) is 40.0 Å². The van der Waals surface area contributed by atoms with Crippen LogP contribution in [-0.2, 0) is 28.6 Å². The number of carbonyl (C=O) groups is 3. The summed E-state index contributed by atoms with van der Waals surface area (Å²) in [6.07, 6.45) is 5.25. The molecule has 0 unspecified atom stereocenters. The molecule has 0 radical (unpaired) electrons. The Morgan fingerprint density at radius 1 is 1.23 bits per heavy atom. The molecule has 0 N–H and O–H groups in total. The lowest BCUT2D eigenvalue weighted by atomic mass is 9.35. The monoisotopic (exact) mass is 662 g/mol. The molecule has 1 aromatic rings. The van der Waals surface area contributed by atoms with Crippen LogP contribution in [0.3, 0.4) is 0 Å². The van der Waals surface area contributed by atoms with Crippen molar-refractivity contribution in [1.29, 1.82) is 0 Å². The smallest absolute Gasteiger partial charge is 0.318 e. The van der Waals surface area contributed by atoms with Crippen LogP contribution in [0.25, 0.3) is 0 Å². The minimum atomic E-state index is -1.19. The first-order valence-corrected chi connectivity index (χ1v) is 16.7. The molecule has 40 heavy (non-hydrogen) atoms. The van der Waals surface area contributed by atoms with Crippen LogP contribution in [-0.4, -0.2) is 44.7 Å². The van der Waals surface area contributed by atoms with E-state index >= 15 is 0 Å². The highest BCUT2D eigenvalue weighted by Gasteiger charge is 2.90. The Morgan fingerprint density at radius 3 is 2.52 bits per heavy atom. The van der Waals surface area contributed by atoms with E-state index in [1.807, 2.05) is 19.9 Å². The van der Waals surface area contributed by atoms with E-state index in [1.54, 1.807) is 12.3 Å². The van der Waals surface area contributed by atoms with Gasteiger partial charge in [-0.2, -0.15) is 0 Å². The van der Waals surface area contributed by atoms with Gasteiger partial charge in [-0.25, -0.2) is 0 Å². The lowest BCUT2D eigenvalue weighted by molar-refractivity contribution is -0.309. The molecule has 3 heterocycles. The highest BCUT2D eigenvalue weighted by molar-refractivity contribution is 14.2. The molecular formula is C32H39IO7. The van der Waals surface area contributed by atoms with Gasteiger partial charge in [0.05, 0.1) is 30.8 Å². The zero-order chi connectivity index (χ0) is 29.2. The average molecular weight is 663 g/mol. The van der Waals surface area contributed by atoms with Gasteiger partial charge in [0.1, 0.15) is 11.2 Å². The molecule has 3 aliphatic carbocycles. The standard InChI is InChI=1S/C32H39IO7/c1-16(2)24-19(12-13-38-24)20-15-28(5)25(18(20)4)30(7)21(14-23(35)37-9)29(6)22(34)11-10-17(3)31(29)26(39-27(31)36)32(30,33-8)40-28/h10-13,16-17,20-21,26H,8,14-15H2,1-7,9H3/t17-,20+,21+,26+,28+,29-,30+,31+,32+/m0/s1. The van der Waals surface area contributed by atoms with Crippen molar-refractivity contribution in [2.75, 3.05) is 7.11 Å². The minimum Gasteiger partial charge on any atom is -0.469 e. The highest BCUT2D eigenvalue weighted by atomic mass is 127. The summed E-state index contributed by atoms with van der Waals surface area (Å²) in [4.78, 5) is 41.0. The van der Waals surface area contributed by atoms with Crippen molar-refractivity contribution >= 4 is 43.0 Å². The summed E-state index contributed by atoms with van der Waals surface area (Å²) in [6.45, 7) is 14.6. The molecule has 5 aliphatic rings. The van der Waals surface area contributed by atoms with Gasteiger partial charge in [0, 0.05) is 22.8 Å². The van der Waals surface area contributed by atoms with Crippen molar-refractivity contribution in [3.8, 4) is 0 Å². The van der Waals surface area contributed by atoms with E-state index in [9.17, 15) is 14.4 Å². The van der Waals surface area contributed by atoms with Crippen molar-refractivity contribution in [2.45, 2.75) is 88.5 Å². The van der Waals surface area contributed by atoms with Crippen molar-refractivity contribution < 1.29 is 33.0 Å². The quantitative estimate of drug-likeness (QED) is 0.166. The third kappa shape index (κ3) is 2.81. The first kappa shape index (κ1) is 28.1. The van der Waals surface area contributed by atoms with E-state index in [0.29, 0.717) is 6.42 Å². The maximum atomic E-state index is 14.1. The summed E-state index contributed by atoms with van der Waals surface area (Å²) in [5, 5.41) is 0. The average Bonchev–Trinajstić information content (AvgIpc) is 3.53. The largest absolute Gasteiger partial charge is 0.469 e. The summed E-state index contributed by atoms with van der Waals surface area (Å²) in [6, 6.07) is 2.06. The van der Waals surface area contributed by atoms with Gasteiger partial charge in [-0.05, 0) is 49.8 Å². The number of methoxy groups -OCH3 is 1. The molecule has 0 amide bonds. The molecule has 8 heteroatoms. The van der Waals surface area contributed by atoms with Gasteiger partial charge in [-0.3, -0.25) is 14.4 Å². The molecule has 1 spiro atoms. The molecule has 0 aromatic carbocycles. The Bertz CT molecular complexity index is 1420. The molecule has 6 rings (SSSR count). The first-order chi connectivity index (χ1) is 18.7. The van der Waals surface area contributed by atoms with E-state index in [-0.39, 0.29) is 35.9 Å². The molecular weight excluding hydrogens is 623 g/mol. The van der Waals surface area contributed by atoms with Crippen LogP contribution in [0.5, 0.6) is 0 Å². The second-order valence-electron chi connectivity index (χ2n) is 13.2. The molecule has 7 nitrogen and oxygen atoms in total. The molecule has 2 saturated heterocycles. The first-order valence-electron chi connectivity index (χ1n) is 14.1. The van der Waals surface area contributed by atoms with E-state index in [1.165, 1.54) is 12.7 Å². The number of esters is 2. The molecule has 216 valence electrons. The van der Waals surface area contributed by atoms with Crippen LogP contribution in [0.1, 0.15) is 84.5 Å². The summed E-state index contributed by atoms with van der Waals surface area (Å²) >= 11 is -0.962. The van der Waals surface area contributed by atoms with Gasteiger partial charge in [-0.15, -0.1) is 0 Å². The predicted octanol–water partition coefficient (Wildman–Crippen LogP) is 5.99. The van der Waals surface area contributed by atoms with Crippen molar-refractivity contribution in [3.63, 3.8) is 0 Å². The zero-order valence-corrected chi connectivity index (χ0v) is 26.7. The Balaban J connectivity index is 1.66. The SMILES string of the molecule is C=I[C@]12O[C@]3(C)C[C@@H](c4ccoc4C(C)C)C(C)=C3[C@@]1(C)[C@H](CC(=O)OC)[C@@]1(C)C(=O)C=C[C@H](C)[C@@]13C(=O)O[C@H]32. The van der Waals surface area contributed by atoms with Crippen LogP contribution in [0.2, 0.25) is 0 Å². The van der Waals surface area contributed by atoms with Gasteiger partial charge < -0.3 is 18.6 Å². The van der Waals surface area contributed by atoms with Crippen LogP contribution in [0, 0.1) is 28.1 Å². The van der Waals surface area contributed by atoms with Crippen molar-refractivity contribution in [2.24, 2.45) is 28.1 Å². The third-order valence-corrected chi connectivity index (χ3v) is 14.4. The number of hydrogen-bond acceptors (Lipinski definition) is 7. The van der Waals surface area contributed by atoms with Gasteiger partial charge in [0.15, 0.2) is 15.5 Å². The number of carbonyl (C=O) groups excluding carboxylic acids is 3. The fraction of sp³-hybridized carbons (Fsp3) is 0.625. The number of allylic oxidation sites excluding steroid dienone is 3. The molecule has 1 aromatic heterocycles. The van der Waals surface area contributed by atoms with Crippen LogP contribution >= 0.6 is 20.7 Å². The Kier molecular flexibility index (Phi) is 5.96. The zero-order valence-electron chi connectivity index (χ0n) is 24.6. The van der Waals surface area contributed by atoms with E-state index in [4.69, 9.17) is 18.6 Å². The van der Waals surface area contributed by atoms with E-state index in [2.05, 4.69) is 45.2 Å². The van der Waals surface area contributed by atoms with Gasteiger partial charge >= 0.3 is 11.9 Å². The number of alkyl halides is 1. The fourth-order valence-corrected chi connectivity index (χ4v) is 12.9. The second kappa shape index (κ2) is 8.49. The molecule has 1 saturated carbocycles. The van der Waals surface area contributed by atoms with Crippen molar-refractivity contribution in [1.82, 2.24) is 0 Å². The highest BCUT2D eigenvalue weighted by Crippen LogP contribution is 2.82. The predicted molar refractivity (Wildman–Crippen MR) is 158 cm³/mol. The number of ether oxygens (including phenoxy) is 3. The minimum absolute atomic E-state index is 0.00706. The fourth-order valence-electron chi connectivity index (χ4n) is 9.85. The Labute approximate surface area is 245 Å². The summed E-state index contributed by atoms with van der Waals surface area (Å²) in [7, 11) is 1.37. The lowest BCUT2D eigenvalue weighted by Crippen LogP contribution is -2.83. The third-order valence-electron chi connectivity index (χ3n) is 11.4. The Morgan fingerprint density at radius 2 is 1.93 bits per heavy atom. The molecule has 9 atom stereocenters. The number of rotatable bonds is 5. The van der Waals surface area contributed by atoms with Gasteiger partial charge in [0.2, 0.25) is 0 Å². The van der Waals surface area contributed by atoms with Gasteiger partial charge in [-0.1, -0.05) is 71.5 Å². The molecule has 2 aliphatic heterocycles. The number of fused-ring (bicyclic) bond motifs is 4. The number of halogens is 1. The maximum absolute atomic E-state index is 14.1. The van der Waals surface area contributed by atoms with Crippen LogP contribution < -0.4 is 0 Å².